The van der Waals surface area contributed by atoms with Crippen molar-refractivity contribution in [1.82, 2.24) is 20.0 Å². The molecule has 0 aliphatic carbocycles. The van der Waals surface area contributed by atoms with Crippen molar-refractivity contribution < 1.29 is 4.52 Å². The predicted octanol–water partition coefficient (Wildman–Crippen LogP) is 2.55. The lowest BCUT2D eigenvalue weighted by atomic mass is 10.0. The van der Waals surface area contributed by atoms with Crippen LogP contribution in [0, 0.1) is 0 Å². The van der Waals surface area contributed by atoms with Gasteiger partial charge in [0.05, 0.1) is 0 Å². The van der Waals surface area contributed by atoms with Gasteiger partial charge in [-0.3, -0.25) is 9.69 Å². The summed E-state index contributed by atoms with van der Waals surface area (Å²) in [5, 5.41) is 3.89. The Balaban J connectivity index is 1.61. The first-order valence-corrected chi connectivity index (χ1v) is 8.57. The van der Waals surface area contributed by atoms with E-state index in [-0.39, 0.29) is 5.56 Å². The molecule has 0 fully saturated rings. The first-order chi connectivity index (χ1) is 12.2. The van der Waals surface area contributed by atoms with Gasteiger partial charge in [-0.15, -0.1) is 0 Å². The number of fused-ring (bicyclic) bond motifs is 1. The maximum atomic E-state index is 12.4. The number of aromatic amines is 1. The lowest BCUT2D eigenvalue weighted by Gasteiger charge is -2.28. The molecule has 4 rings (SSSR count). The number of hydrogen-bond acceptors (Lipinski definition) is 5. The third-order valence-corrected chi connectivity index (χ3v) is 4.55. The summed E-state index contributed by atoms with van der Waals surface area (Å²) in [7, 11) is 0. The Labute approximate surface area is 145 Å². The summed E-state index contributed by atoms with van der Waals surface area (Å²) in [6.45, 7) is 4.57. The smallest absolute Gasteiger partial charge is 0.263 e. The summed E-state index contributed by atoms with van der Waals surface area (Å²) in [4.78, 5) is 22.0. The van der Waals surface area contributed by atoms with Gasteiger partial charge in [-0.2, -0.15) is 4.98 Å². The van der Waals surface area contributed by atoms with Gasteiger partial charge in [0.25, 0.3) is 11.4 Å². The van der Waals surface area contributed by atoms with Gasteiger partial charge in [-0.25, -0.2) is 0 Å². The Hall–Kier alpha value is -2.73. The largest absolute Gasteiger partial charge is 0.334 e. The molecule has 0 unspecified atom stereocenters. The second-order valence-electron chi connectivity index (χ2n) is 6.33. The van der Waals surface area contributed by atoms with Crippen LogP contribution in [-0.4, -0.2) is 26.6 Å². The van der Waals surface area contributed by atoms with Crippen LogP contribution < -0.4 is 5.56 Å². The number of aryl methyl sites for hydroxylation is 1. The van der Waals surface area contributed by atoms with Crippen molar-refractivity contribution in [1.29, 1.82) is 0 Å². The highest BCUT2D eigenvalue weighted by molar-refractivity contribution is 5.53. The summed E-state index contributed by atoms with van der Waals surface area (Å²) in [5.74, 6) is 0.902. The SMILES string of the molecule is CCc1noc(-c2cc3c([nH]c2=O)CCN(Cc2ccccc2)C3)n1. The standard InChI is InChI=1S/C19H20N4O2/c1-2-17-21-19(25-22-17)15-10-14-12-23(9-8-16(14)20-18(15)24)11-13-6-4-3-5-7-13/h3-7,10H,2,8-9,11-12H2,1H3,(H,20,24). The zero-order valence-electron chi connectivity index (χ0n) is 14.2. The summed E-state index contributed by atoms with van der Waals surface area (Å²) < 4.78 is 5.24. The first kappa shape index (κ1) is 15.8. The third kappa shape index (κ3) is 3.25. The van der Waals surface area contributed by atoms with E-state index in [0.717, 1.165) is 37.3 Å². The second kappa shape index (κ2) is 6.64. The molecule has 0 saturated carbocycles. The molecule has 1 aliphatic rings. The number of aromatic nitrogens is 3. The van der Waals surface area contributed by atoms with Gasteiger partial charge in [-0.1, -0.05) is 42.4 Å². The van der Waals surface area contributed by atoms with Gasteiger partial charge in [0.2, 0.25) is 0 Å². The van der Waals surface area contributed by atoms with Crippen LogP contribution in [0.15, 0.2) is 45.7 Å². The van der Waals surface area contributed by atoms with Gasteiger partial charge in [0.15, 0.2) is 5.82 Å². The average Bonchev–Trinajstić information content (AvgIpc) is 3.11. The zero-order chi connectivity index (χ0) is 17.2. The van der Waals surface area contributed by atoms with Crippen LogP contribution in [0.25, 0.3) is 11.5 Å². The summed E-state index contributed by atoms with van der Waals surface area (Å²) >= 11 is 0. The van der Waals surface area contributed by atoms with Crippen LogP contribution in [0.3, 0.4) is 0 Å². The predicted molar refractivity (Wildman–Crippen MR) is 94.0 cm³/mol. The summed E-state index contributed by atoms with van der Waals surface area (Å²) in [5.41, 5.74) is 3.70. The number of nitrogens with zero attached hydrogens (tertiary/aromatic N) is 3. The fourth-order valence-corrected chi connectivity index (χ4v) is 3.21. The molecule has 1 N–H and O–H groups in total. The fourth-order valence-electron chi connectivity index (χ4n) is 3.21. The van der Waals surface area contributed by atoms with Crippen LogP contribution in [-0.2, 0) is 25.9 Å². The van der Waals surface area contributed by atoms with Crippen LogP contribution in [0.4, 0.5) is 0 Å². The highest BCUT2D eigenvalue weighted by Crippen LogP contribution is 2.22. The highest BCUT2D eigenvalue weighted by atomic mass is 16.5. The molecule has 6 nitrogen and oxygen atoms in total. The van der Waals surface area contributed by atoms with E-state index in [4.69, 9.17) is 4.52 Å². The van der Waals surface area contributed by atoms with Crippen molar-refractivity contribution in [2.75, 3.05) is 6.54 Å². The molecule has 6 heteroatoms. The van der Waals surface area contributed by atoms with E-state index in [0.29, 0.717) is 23.7 Å². The molecule has 25 heavy (non-hydrogen) atoms. The molecule has 1 aliphatic heterocycles. The molecule has 0 amide bonds. The van der Waals surface area contributed by atoms with E-state index in [1.54, 1.807) is 0 Å². The topological polar surface area (TPSA) is 75.0 Å². The van der Waals surface area contributed by atoms with Crippen molar-refractivity contribution in [2.45, 2.75) is 32.9 Å². The van der Waals surface area contributed by atoms with E-state index < -0.39 is 0 Å². The second-order valence-corrected chi connectivity index (χ2v) is 6.33. The number of hydrogen-bond donors (Lipinski definition) is 1. The Morgan fingerprint density at radius 3 is 2.88 bits per heavy atom. The molecular formula is C19H20N4O2. The molecule has 0 bridgehead atoms. The van der Waals surface area contributed by atoms with Crippen LogP contribution in [0.5, 0.6) is 0 Å². The molecular weight excluding hydrogens is 316 g/mol. The Morgan fingerprint density at radius 1 is 1.28 bits per heavy atom. The van der Waals surface area contributed by atoms with Crippen molar-refractivity contribution >= 4 is 0 Å². The van der Waals surface area contributed by atoms with E-state index in [1.807, 2.05) is 19.1 Å². The van der Waals surface area contributed by atoms with Gasteiger partial charge in [0, 0.05) is 38.2 Å². The molecule has 0 saturated heterocycles. The number of pyridine rings is 1. The van der Waals surface area contributed by atoms with E-state index in [2.05, 4.69) is 44.3 Å². The van der Waals surface area contributed by atoms with Crippen LogP contribution >= 0.6 is 0 Å². The maximum absolute atomic E-state index is 12.4. The van der Waals surface area contributed by atoms with Crippen molar-refractivity contribution in [2.24, 2.45) is 0 Å². The van der Waals surface area contributed by atoms with Crippen LogP contribution in [0.2, 0.25) is 0 Å². The van der Waals surface area contributed by atoms with Gasteiger partial charge in [-0.05, 0) is 17.2 Å². The summed E-state index contributed by atoms with van der Waals surface area (Å²) in [6.07, 6.45) is 1.51. The average molecular weight is 336 g/mol. The molecule has 3 aromatic rings. The quantitative estimate of drug-likeness (QED) is 0.792. The molecule has 0 atom stereocenters. The van der Waals surface area contributed by atoms with E-state index in [9.17, 15) is 4.79 Å². The molecule has 0 spiro atoms. The maximum Gasteiger partial charge on any atom is 0.263 e. The van der Waals surface area contributed by atoms with Crippen LogP contribution in [0.1, 0.15) is 29.6 Å². The minimum Gasteiger partial charge on any atom is -0.334 e. The molecule has 0 radical (unpaired) electrons. The van der Waals surface area contributed by atoms with E-state index in [1.165, 1.54) is 5.56 Å². The van der Waals surface area contributed by atoms with Crippen molar-refractivity contribution in [3.63, 3.8) is 0 Å². The Kier molecular flexibility index (Phi) is 4.19. The molecule has 1 aromatic carbocycles. The zero-order valence-corrected chi connectivity index (χ0v) is 14.2. The third-order valence-electron chi connectivity index (χ3n) is 4.55. The van der Waals surface area contributed by atoms with Gasteiger partial charge in [0.1, 0.15) is 5.56 Å². The highest BCUT2D eigenvalue weighted by Gasteiger charge is 2.21. The fraction of sp³-hybridized carbons (Fsp3) is 0.316. The normalized spacial score (nSPS) is 14.4. The first-order valence-electron chi connectivity index (χ1n) is 8.57. The lowest BCUT2D eigenvalue weighted by Crippen LogP contribution is -2.32. The lowest BCUT2D eigenvalue weighted by molar-refractivity contribution is 0.243. The number of nitrogens with one attached hydrogen (secondary N) is 1. The van der Waals surface area contributed by atoms with E-state index >= 15 is 0 Å². The van der Waals surface area contributed by atoms with Gasteiger partial charge >= 0.3 is 0 Å². The minimum absolute atomic E-state index is 0.165. The Bertz CT molecular complexity index is 930. The van der Waals surface area contributed by atoms with Crippen molar-refractivity contribution in [3.8, 4) is 11.5 Å². The number of H-pyrrole nitrogens is 1. The monoisotopic (exact) mass is 336 g/mol. The summed E-state index contributed by atoms with van der Waals surface area (Å²) in [6, 6.07) is 12.3. The number of rotatable bonds is 4. The molecule has 128 valence electrons. The van der Waals surface area contributed by atoms with Crippen molar-refractivity contribution in [3.05, 3.63) is 69.4 Å². The van der Waals surface area contributed by atoms with Gasteiger partial charge < -0.3 is 9.51 Å². The number of benzene rings is 1. The molecule has 2 aromatic heterocycles. The molecule has 3 heterocycles. The minimum atomic E-state index is -0.165. The Morgan fingerprint density at radius 2 is 2.12 bits per heavy atom.